The molecule has 0 radical (unpaired) electrons. The molecule has 0 amide bonds. The quantitative estimate of drug-likeness (QED) is 0.274. The third kappa shape index (κ3) is 2.09. The van der Waals surface area contributed by atoms with Gasteiger partial charge in [0.2, 0.25) is 0 Å². The van der Waals surface area contributed by atoms with Crippen molar-refractivity contribution in [1.29, 1.82) is 0 Å². The van der Waals surface area contributed by atoms with Gasteiger partial charge in [0.15, 0.2) is 0 Å². The Morgan fingerprint density at radius 3 is 2.10 bits per heavy atom. The van der Waals surface area contributed by atoms with Crippen molar-refractivity contribution in [2.75, 3.05) is 0 Å². The van der Waals surface area contributed by atoms with Gasteiger partial charge in [-0.1, -0.05) is 46.8 Å². The summed E-state index contributed by atoms with van der Waals surface area (Å²) in [6.07, 6.45) is 0.0729. The summed E-state index contributed by atoms with van der Waals surface area (Å²) in [5, 5.41) is -1.44. The largest absolute Gasteiger partial charge is 0.261 e. The number of hydrogen-bond acceptors (Lipinski definition) is 0. The van der Waals surface area contributed by atoms with E-state index >= 15 is 0 Å². The Morgan fingerprint density at radius 1 is 0.762 bits per heavy atom. The molecule has 3 aromatic carbocycles. The van der Waals surface area contributed by atoms with Gasteiger partial charge in [-0.2, -0.15) is 0 Å². The van der Waals surface area contributed by atoms with Gasteiger partial charge < -0.3 is 0 Å². The zero-order chi connectivity index (χ0) is 15.1. The SMILES string of the molecule is Fc1c(F)c(F)[c-]2cc(Cc3ccccc3)c(F)c2c1F. The predicted molar refractivity (Wildman–Crippen MR) is 68.6 cm³/mol. The first-order chi connectivity index (χ1) is 10.0. The second-order valence-electron chi connectivity index (χ2n) is 4.69. The van der Waals surface area contributed by atoms with Crippen LogP contribution in [0.15, 0.2) is 36.4 Å². The number of fused-ring (bicyclic) bond motifs is 1. The van der Waals surface area contributed by atoms with Gasteiger partial charge in [0.25, 0.3) is 0 Å². The minimum Gasteiger partial charge on any atom is -0.261 e. The van der Waals surface area contributed by atoms with Crippen LogP contribution in [0.1, 0.15) is 11.1 Å². The van der Waals surface area contributed by atoms with Crippen LogP contribution >= 0.6 is 0 Å². The zero-order valence-corrected chi connectivity index (χ0v) is 10.6. The monoisotopic (exact) mass is 295 g/mol. The number of halogens is 5. The van der Waals surface area contributed by atoms with E-state index in [1.54, 1.807) is 30.3 Å². The van der Waals surface area contributed by atoms with Gasteiger partial charge in [-0.25, -0.2) is 13.2 Å². The normalized spacial score (nSPS) is 11.3. The lowest BCUT2D eigenvalue weighted by Gasteiger charge is -2.07. The highest BCUT2D eigenvalue weighted by atomic mass is 19.2. The lowest BCUT2D eigenvalue weighted by molar-refractivity contribution is 0.417. The molecule has 0 heterocycles. The Morgan fingerprint density at radius 2 is 1.43 bits per heavy atom. The summed E-state index contributed by atoms with van der Waals surface area (Å²) in [7, 11) is 0. The maximum atomic E-state index is 14.2. The highest BCUT2D eigenvalue weighted by molar-refractivity contribution is 5.88. The molecule has 0 unspecified atom stereocenters. The fourth-order valence-corrected chi connectivity index (χ4v) is 2.34. The minimum absolute atomic E-state index is 0.0148. The Labute approximate surface area is 116 Å². The molecule has 0 N–H and O–H groups in total. The fraction of sp³-hybridized carbons (Fsp3) is 0.0625. The van der Waals surface area contributed by atoms with Crippen LogP contribution in [0.4, 0.5) is 22.0 Å². The third-order valence-electron chi connectivity index (χ3n) is 3.36. The van der Waals surface area contributed by atoms with Crippen molar-refractivity contribution in [3.8, 4) is 0 Å². The molecule has 0 saturated heterocycles. The van der Waals surface area contributed by atoms with Crippen molar-refractivity contribution in [1.82, 2.24) is 0 Å². The molecule has 0 bridgehead atoms. The van der Waals surface area contributed by atoms with E-state index in [2.05, 4.69) is 0 Å². The van der Waals surface area contributed by atoms with Crippen molar-refractivity contribution >= 4 is 10.8 Å². The van der Waals surface area contributed by atoms with E-state index in [0.717, 1.165) is 6.07 Å². The Kier molecular flexibility index (Phi) is 3.20. The van der Waals surface area contributed by atoms with Gasteiger partial charge in [-0.3, -0.25) is 8.78 Å². The van der Waals surface area contributed by atoms with Gasteiger partial charge >= 0.3 is 0 Å². The summed E-state index contributed by atoms with van der Waals surface area (Å²) in [4.78, 5) is 0. The molecule has 3 aromatic rings. The molecule has 0 aromatic heterocycles. The second-order valence-corrected chi connectivity index (χ2v) is 4.69. The summed E-state index contributed by atoms with van der Waals surface area (Å²) in [6, 6.07) is 9.67. The maximum absolute atomic E-state index is 14.2. The molecule has 3 rings (SSSR count). The maximum Gasteiger partial charge on any atom is 0.131 e. The third-order valence-corrected chi connectivity index (χ3v) is 3.36. The van der Waals surface area contributed by atoms with E-state index in [-0.39, 0.29) is 12.0 Å². The van der Waals surface area contributed by atoms with E-state index < -0.39 is 39.9 Å². The van der Waals surface area contributed by atoms with Crippen LogP contribution < -0.4 is 0 Å². The zero-order valence-electron chi connectivity index (χ0n) is 10.6. The van der Waals surface area contributed by atoms with Gasteiger partial charge in [0.05, 0.1) is 5.82 Å². The van der Waals surface area contributed by atoms with E-state index in [9.17, 15) is 22.0 Å². The van der Waals surface area contributed by atoms with E-state index in [1.807, 2.05) is 0 Å². The minimum atomic E-state index is -2.00. The van der Waals surface area contributed by atoms with Crippen LogP contribution in [0.5, 0.6) is 0 Å². The smallest absolute Gasteiger partial charge is 0.131 e. The van der Waals surface area contributed by atoms with Crippen LogP contribution in [0, 0.1) is 29.1 Å². The van der Waals surface area contributed by atoms with Gasteiger partial charge in [-0.05, 0) is 11.8 Å². The van der Waals surface area contributed by atoms with Crippen molar-refractivity contribution < 1.29 is 22.0 Å². The molecule has 21 heavy (non-hydrogen) atoms. The lowest BCUT2D eigenvalue weighted by Crippen LogP contribution is -1.97. The first-order valence-electron chi connectivity index (χ1n) is 6.14. The lowest BCUT2D eigenvalue weighted by atomic mass is 10.1. The van der Waals surface area contributed by atoms with Gasteiger partial charge in [0.1, 0.15) is 17.5 Å². The van der Waals surface area contributed by atoms with Crippen molar-refractivity contribution in [3.05, 3.63) is 76.6 Å². The van der Waals surface area contributed by atoms with Crippen LogP contribution in [-0.2, 0) is 6.42 Å². The summed E-state index contributed by atoms with van der Waals surface area (Å²) < 4.78 is 67.8. The first kappa shape index (κ1) is 13.7. The van der Waals surface area contributed by atoms with Crippen molar-refractivity contribution in [3.63, 3.8) is 0 Å². The van der Waals surface area contributed by atoms with Crippen molar-refractivity contribution in [2.24, 2.45) is 0 Å². The molecule has 0 nitrogen and oxygen atoms in total. The molecule has 5 heteroatoms. The number of benzene rings is 2. The Balaban J connectivity index is 2.21. The highest BCUT2D eigenvalue weighted by Crippen LogP contribution is 2.33. The molecule has 0 aliphatic heterocycles. The molecular weight excluding hydrogens is 287 g/mol. The molecule has 0 spiro atoms. The topological polar surface area (TPSA) is 0 Å². The summed E-state index contributed by atoms with van der Waals surface area (Å²) in [5.41, 5.74) is 0.701. The van der Waals surface area contributed by atoms with Gasteiger partial charge in [-0.15, -0.1) is 6.07 Å². The van der Waals surface area contributed by atoms with Crippen molar-refractivity contribution in [2.45, 2.75) is 6.42 Å². The average Bonchev–Trinajstić information content (AvgIpc) is 2.81. The summed E-state index contributed by atoms with van der Waals surface area (Å²) in [6.45, 7) is 0. The predicted octanol–water partition coefficient (Wildman–Crippen LogP) is 4.85. The Hall–Kier alpha value is -2.30. The van der Waals surface area contributed by atoms with E-state index in [1.165, 1.54) is 0 Å². The average molecular weight is 295 g/mol. The van der Waals surface area contributed by atoms with Crippen LogP contribution in [0.3, 0.4) is 0 Å². The van der Waals surface area contributed by atoms with Crippen LogP contribution in [-0.4, -0.2) is 0 Å². The molecule has 0 fully saturated rings. The van der Waals surface area contributed by atoms with Crippen LogP contribution in [0.25, 0.3) is 10.8 Å². The molecule has 0 saturated carbocycles. The Bertz CT molecular complexity index is 818. The highest BCUT2D eigenvalue weighted by Gasteiger charge is 2.18. The number of hydrogen-bond donors (Lipinski definition) is 0. The van der Waals surface area contributed by atoms with E-state index in [4.69, 9.17) is 0 Å². The molecular formula is C16H8F5-. The molecule has 0 aliphatic rings. The summed E-state index contributed by atoms with van der Waals surface area (Å²) in [5.74, 6) is -8.29. The number of rotatable bonds is 2. The van der Waals surface area contributed by atoms with E-state index in [0.29, 0.717) is 5.56 Å². The molecule has 0 aliphatic carbocycles. The molecule has 0 atom stereocenters. The standard InChI is InChI=1S/C16H8F5/c17-12-9(6-8-4-2-1-3-5-8)7-10-11(12)14(19)16(21)15(20)13(10)18/h1-5,7H,6H2/q-1. The first-order valence-corrected chi connectivity index (χ1v) is 6.14. The second kappa shape index (κ2) is 4.91. The molecule has 108 valence electrons. The fourth-order valence-electron chi connectivity index (χ4n) is 2.34. The summed E-state index contributed by atoms with van der Waals surface area (Å²) >= 11 is 0. The van der Waals surface area contributed by atoms with Crippen LogP contribution in [0.2, 0.25) is 0 Å². The van der Waals surface area contributed by atoms with Gasteiger partial charge in [0, 0.05) is 5.82 Å².